The van der Waals surface area contributed by atoms with Crippen LogP contribution in [0.3, 0.4) is 0 Å². The molecule has 0 radical (unpaired) electrons. The van der Waals surface area contributed by atoms with Crippen LogP contribution in [-0.2, 0) is 11.8 Å². The third kappa shape index (κ3) is 2.23. The van der Waals surface area contributed by atoms with Crippen molar-refractivity contribution in [3.8, 4) is 0 Å². The Morgan fingerprint density at radius 3 is 2.80 bits per heavy atom. The van der Waals surface area contributed by atoms with Crippen LogP contribution in [0.15, 0.2) is 0 Å². The zero-order valence-corrected chi connectivity index (χ0v) is 9.11. The second-order valence-corrected chi connectivity index (χ2v) is 3.23. The normalized spacial score (nSPS) is 10.1. The van der Waals surface area contributed by atoms with E-state index in [-0.39, 0.29) is 5.69 Å². The van der Waals surface area contributed by atoms with Crippen molar-refractivity contribution < 1.29 is 14.3 Å². The van der Waals surface area contributed by atoms with E-state index in [0.717, 1.165) is 6.42 Å². The van der Waals surface area contributed by atoms with Crippen molar-refractivity contribution >= 4 is 12.3 Å². The van der Waals surface area contributed by atoms with Crippen LogP contribution < -0.4 is 0 Å². The van der Waals surface area contributed by atoms with E-state index in [1.165, 1.54) is 4.68 Å². The molecule has 0 amide bonds. The number of esters is 1. The van der Waals surface area contributed by atoms with Gasteiger partial charge in [0.25, 0.3) is 0 Å². The molecule has 0 aromatic carbocycles. The number of carbonyl (C=O) groups is 2. The second kappa shape index (κ2) is 4.72. The van der Waals surface area contributed by atoms with Crippen LogP contribution in [0, 0.1) is 6.92 Å². The number of aldehydes is 1. The quantitative estimate of drug-likeness (QED) is 0.551. The van der Waals surface area contributed by atoms with Gasteiger partial charge in [-0.1, -0.05) is 6.92 Å². The van der Waals surface area contributed by atoms with Gasteiger partial charge in [0.15, 0.2) is 12.0 Å². The Labute approximate surface area is 88.0 Å². The fourth-order valence-corrected chi connectivity index (χ4v) is 1.32. The first-order valence-electron chi connectivity index (χ1n) is 4.77. The van der Waals surface area contributed by atoms with Gasteiger partial charge in [0.05, 0.1) is 17.9 Å². The largest absolute Gasteiger partial charge is 0.461 e. The van der Waals surface area contributed by atoms with Gasteiger partial charge < -0.3 is 4.74 Å². The Kier molecular flexibility index (Phi) is 3.60. The molecule has 15 heavy (non-hydrogen) atoms. The first kappa shape index (κ1) is 11.4. The molecule has 1 aromatic heterocycles. The van der Waals surface area contributed by atoms with Gasteiger partial charge in [-0.05, 0) is 13.3 Å². The van der Waals surface area contributed by atoms with Crippen molar-refractivity contribution in [3.05, 3.63) is 17.0 Å². The number of carbonyl (C=O) groups excluding carboxylic acids is 2. The summed E-state index contributed by atoms with van der Waals surface area (Å²) < 4.78 is 6.33. The maximum Gasteiger partial charge on any atom is 0.357 e. The van der Waals surface area contributed by atoms with Crippen LogP contribution in [0.5, 0.6) is 0 Å². The Balaban J connectivity index is 3.01. The van der Waals surface area contributed by atoms with E-state index in [1.807, 2.05) is 6.92 Å². The van der Waals surface area contributed by atoms with Gasteiger partial charge in [-0.2, -0.15) is 5.10 Å². The van der Waals surface area contributed by atoms with Crippen LogP contribution in [-0.4, -0.2) is 28.6 Å². The lowest BCUT2D eigenvalue weighted by Crippen LogP contribution is -2.13. The van der Waals surface area contributed by atoms with Crippen LogP contribution in [0.25, 0.3) is 0 Å². The zero-order chi connectivity index (χ0) is 11.4. The van der Waals surface area contributed by atoms with Gasteiger partial charge in [0.2, 0.25) is 0 Å². The highest BCUT2D eigenvalue weighted by Gasteiger charge is 2.20. The lowest BCUT2D eigenvalue weighted by Gasteiger charge is -2.03. The molecule has 0 fully saturated rings. The Morgan fingerprint density at radius 2 is 2.27 bits per heavy atom. The molecule has 5 nitrogen and oxygen atoms in total. The zero-order valence-electron chi connectivity index (χ0n) is 9.11. The molecule has 0 saturated carbocycles. The Morgan fingerprint density at radius 1 is 1.60 bits per heavy atom. The highest BCUT2D eigenvalue weighted by Crippen LogP contribution is 2.11. The molecule has 0 unspecified atom stereocenters. The van der Waals surface area contributed by atoms with Crippen molar-refractivity contribution in [2.45, 2.75) is 20.3 Å². The monoisotopic (exact) mass is 210 g/mol. The molecule has 0 aliphatic rings. The molecule has 0 aliphatic heterocycles. The highest BCUT2D eigenvalue weighted by atomic mass is 16.5. The number of aryl methyl sites for hydroxylation is 2. The van der Waals surface area contributed by atoms with Crippen molar-refractivity contribution in [1.82, 2.24) is 9.78 Å². The number of aromatic nitrogens is 2. The van der Waals surface area contributed by atoms with Gasteiger partial charge in [-0.3, -0.25) is 9.48 Å². The Hall–Kier alpha value is -1.65. The van der Waals surface area contributed by atoms with Crippen LogP contribution in [0.1, 0.15) is 39.9 Å². The smallest absolute Gasteiger partial charge is 0.357 e. The summed E-state index contributed by atoms with van der Waals surface area (Å²) >= 11 is 0. The van der Waals surface area contributed by atoms with Crippen molar-refractivity contribution in [3.63, 3.8) is 0 Å². The number of hydrogen-bond acceptors (Lipinski definition) is 4. The summed E-state index contributed by atoms with van der Waals surface area (Å²) in [6, 6.07) is 0. The predicted octanol–water partition coefficient (Wildman–Crippen LogP) is 1.11. The molecule has 0 bridgehead atoms. The molecule has 0 spiro atoms. The van der Waals surface area contributed by atoms with Gasteiger partial charge in [-0.15, -0.1) is 0 Å². The van der Waals surface area contributed by atoms with Gasteiger partial charge in [-0.25, -0.2) is 4.79 Å². The van der Waals surface area contributed by atoms with Gasteiger partial charge >= 0.3 is 5.97 Å². The molecule has 1 rings (SSSR count). The maximum atomic E-state index is 11.6. The summed E-state index contributed by atoms with van der Waals surface area (Å²) in [5.41, 5.74) is 1.06. The number of ether oxygens (including phenoxy) is 1. The SMILES string of the molecule is CCCOC(=O)c1c(C=O)c(C)nn1C. The summed E-state index contributed by atoms with van der Waals surface area (Å²) in [4.78, 5) is 22.4. The summed E-state index contributed by atoms with van der Waals surface area (Å²) in [7, 11) is 1.61. The van der Waals surface area contributed by atoms with E-state index in [4.69, 9.17) is 4.74 Å². The third-order valence-corrected chi connectivity index (χ3v) is 2.02. The molecule has 0 aliphatic carbocycles. The van der Waals surface area contributed by atoms with Crippen molar-refractivity contribution in [1.29, 1.82) is 0 Å². The van der Waals surface area contributed by atoms with E-state index in [9.17, 15) is 9.59 Å². The van der Waals surface area contributed by atoms with E-state index in [1.54, 1.807) is 14.0 Å². The summed E-state index contributed by atoms with van der Waals surface area (Å²) in [6.07, 6.45) is 1.38. The maximum absolute atomic E-state index is 11.6. The first-order valence-corrected chi connectivity index (χ1v) is 4.77. The van der Waals surface area contributed by atoms with Crippen molar-refractivity contribution in [2.75, 3.05) is 6.61 Å². The van der Waals surface area contributed by atoms with Gasteiger partial charge in [0.1, 0.15) is 0 Å². The number of rotatable bonds is 4. The van der Waals surface area contributed by atoms with E-state index < -0.39 is 5.97 Å². The van der Waals surface area contributed by atoms with Gasteiger partial charge in [0, 0.05) is 7.05 Å². The number of hydrogen-bond donors (Lipinski definition) is 0. The molecule has 0 N–H and O–H groups in total. The summed E-state index contributed by atoms with van der Waals surface area (Å²) in [6.45, 7) is 3.93. The molecule has 1 aromatic rings. The molecular formula is C10H14N2O3. The minimum Gasteiger partial charge on any atom is -0.461 e. The molecule has 5 heteroatoms. The van der Waals surface area contributed by atoms with E-state index in [0.29, 0.717) is 24.2 Å². The fraction of sp³-hybridized carbons (Fsp3) is 0.500. The van der Waals surface area contributed by atoms with E-state index in [2.05, 4.69) is 5.10 Å². The van der Waals surface area contributed by atoms with E-state index >= 15 is 0 Å². The minimum absolute atomic E-state index is 0.218. The standard InChI is InChI=1S/C10H14N2O3/c1-4-5-15-10(14)9-8(6-13)7(2)11-12(9)3/h6H,4-5H2,1-3H3. The fourth-order valence-electron chi connectivity index (χ4n) is 1.32. The topological polar surface area (TPSA) is 61.2 Å². The molecular weight excluding hydrogens is 196 g/mol. The first-order chi connectivity index (χ1) is 7.11. The predicted molar refractivity (Wildman–Crippen MR) is 53.9 cm³/mol. The van der Waals surface area contributed by atoms with Crippen LogP contribution in [0.2, 0.25) is 0 Å². The van der Waals surface area contributed by atoms with Crippen LogP contribution in [0.4, 0.5) is 0 Å². The minimum atomic E-state index is -0.498. The second-order valence-electron chi connectivity index (χ2n) is 3.23. The number of nitrogens with zero attached hydrogens (tertiary/aromatic N) is 2. The average molecular weight is 210 g/mol. The lowest BCUT2D eigenvalue weighted by atomic mass is 10.2. The Bertz CT molecular complexity index is 382. The third-order valence-electron chi connectivity index (χ3n) is 2.02. The van der Waals surface area contributed by atoms with Crippen LogP contribution >= 0.6 is 0 Å². The highest BCUT2D eigenvalue weighted by molar-refractivity contribution is 5.97. The molecule has 82 valence electrons. The van der Waals surface area contributed by atoms with Crippen molar-refractivity contribution in [2.24, 2.45) is 7.05 Å². The average Bonchev–Trinajstić information content (AvgIpc) is 2.49. The molecule has 0 atom stereocenters. The molecule has 0 saturated heterocycles. The summed E-state index contributed by atoms with van der Waals surface area (Å²) in [5.74, 6) is -0.498. The lowest BCUT2D eigenvalue weighted by molar-refractivity contribution is 0.0490. The summed E-state index contributed by atoms with van der Waals surface area (Å²) in [5, 5.41) is 4.00. The molecule has 1 heterocycles.